The second kappa shape index (κ2) is 8.99. The second-order valence-corrected chi connectivity index (χ2v) is 7.14. The van der Waals surface area contributed by atoms with Gasteiger partial charge in [-0.1, -0.05) is 37.3 Å². The summed E-state index contributed by atoms with van der Waals surface area (Å²) in [7, 11) is 3.17. The molecule has 0 N–H and O–H groups in total. The lowest BCUT2D eigenvalue weighted by Crippen LogP contribution is -2.42. The van der Waals surface area contributed by atoms with E-state index in [-0.39, 0.29) is 18.6 Å². The maximum atomic E-state index is 13.4. The van der Waals surface area contributed by atoms with Crippen molar-refractivity contribution >= 4 is 12.0 Å². The monoisotopic (exact) mass is 397 g/mol. The Hall–Kier alpha value is -3.02. The molecule has 1 fully saturated rings. The lowest BCUT2D eigenvalue weighted by Gasteiger charge is -2.25. The van der Waals surface area contributed by atoms with Crippen molar-refractivity contribution in [3.05, 3.63) is 59.2 Å². The molecule has 0 bridgehead atoms. The van der Waals surface area contributed by atoms with Gasteiger partial charge in [0.1, 0.15) is 18.1 Å². The number of ether oxygens (including phenoxy) is 3. The van der Waals surface area contributed by atoms with Gasteiger partial charge in [-0.15, -0.1) is 0 Å². The van der Waals surface area contributed by atoms with Gasteiger partial charge in [-0.25, -0.2) is 9.69 Å². The largest absolute Gasteiger partial charge is 0.496 e. The Bertz CT molecular complexity index is 855. The van der Waals surface area contributed by atoms with E-state index in [1.807, 2.05) is 56.3 Å². The van der Waals surface area contributed by atoms with Crippen molar-refractivity contribution in [1.82, 2.24) is 4.90 Å². The molecule has 0 spiro atoms. The lowest BCUT2D eigenvalue weighted by molar-refractivity contribution is -0.130. The third kappa shape index (κ3) is 4.21. The van der Waals surface area contributed by atoms with Gasteiger partial charge in [-0.05, 0) is 43.0 Å². The van der Waals surface area contributed by atoms with E-state index in [9.17, 15) is 9.59 Å². The fourth-order valence-electron chi connectivity index (χ4n) is 3.80. The molecule has 6 nitrogen and oxygen atoms in total. The Labute approximate surface area is 171 Å². The van der Waals surface area contributed by atoms with Crippen LogP contribution in [0.4, 0.5) is 4.79 Å². The minimum atomic E-state index is -0.583. The van der Waals surface area contributed by atoms with Gasteiger partial charge >= 0.3 is 6.09 Å². The molecular formula is C23H27NO5. The minimum absolute atomic E-state index is 0.205. The summed E-state index contributed by atoms with van der Waals surface area (Å²) in [5.41, 5.74) is 2.68. The molecule has 1 aliphatic rings. The Kier molecular flexibility index (Phi) is 6.42. The van der Waals surface area contributed by atoms with Gasteiger partial charge in [0, 0.05) is 5.56 Å². The van der Waals surface area contributed by atoms with Crippen molar-refractivity contribution in [1.29, 1.82) is 0 Å². The first kappa shape index (κ1) is 20.7. The minimum Gasteiger partial charge on any atom is -0.496 e. The topological polar surface area (TPSA) is 65.1 Å². The molecular weight excluding hydrogens is 370 g/mol. The van der Waals surface area contributed by atoms with E-state index in [2.05, 4.69) is 0 Å². The zero-order chi connectivity index (χ0) is 21.0. The standard InChI is InChI=1S/C23H27NO5/c1-5-19(17-12-20(27-3)15(2)21(13-17)28-4)22(25)24-18(14-29-23(24)26)11-16-9-7-6-8-10-16/h6-10,12-13,18-19H,5,11,14H2,1-4H3/t18-,19+/m1/s1. The summed E-state index contributed by atoms with van der Waals surface area (Å²) in [5.74, 6) is 0.539. The predicted octanol–water partition coefficient (Wildman–Crippen LogP) is 4.10. The molecule has 0 radical (unpaired) electrons. The molecule has 0 unspecified atom stereocenters. The number of cyclic esters (lactones) is 1. The molecule has 2 aromatic rings. The van der Waals surface area contributed by atoms with Crippen LogP contribution < -0.4 is 9.47 Å². The van der Waals surface area contributed by atoms with E-state index in [4.69, 9.17) is 14.2 Å². The first-order valence-electron chi connectivity index (χ1n) is 9.76. The summed E-state index contributed by atoms with van der Waals surface area (Å²) >= 11 is 0. The first-order valence-corrected chi connectivity index (χ1v) is 9.76. The number of carbonyl (C=O) groups excluding carboxylic acids is 2. The Balaban J connectivity index is 1.90. The van der Waals surface area contributed by atoms with Crippen LogP contribution in [0.5, 0.6) is 11.5 Å². The normalized spacial score (nSPS) is 17.0. The maximum absolute atomic E-state index is 13.4. The van der Waals surface area contributed by atoms with Crippen LogP contribution in [-0.2, 0) is 16.0 Å². The molecule has 6 heteroatoms. The Morgan fingerprint density at radius 3 is 2.34 bits per heavy atom. The van der Waals surface area contributed by atoms with Crippen molar-refractivity contribution < 1.29 is 23.8 Å². The number of carbonyl (C=O) groups is 2. The van der Waals surface area contributed by atoms with E-state index in [0.717, 1.165) is 16.7 Å². The van der Waals surface area contributed by atoms with Crippen LogP contribution in [0.1, 0.15) is 36.0 Å². The van der Waals surface area contributed by atoms with Gasteiger partial charge < -0.3 is 14.2 Å². The van der Waals surface area contributed by atoms with Crippen LogP contribution in [0.2, 0.25) is 0 Å². The highest BCUT2D eigenvalue weighted by molar-refractivity contribution is 5.97. The van der Waals surface area contributed by atoms with Crippen molar-refractivity contribution in [2.75, 3.05) is 20.8 Å². The third-order valence-electron chi connectivity index (χ3n) is 5.40. The SMILES string of the molecule is CC[C@H](C(=O)N1C(=O)OC[C@H]1Cc1ccccc1)c1cc(OC)c(C)c(OC)c1. The van der Waals surface area contributed by atoms with Crippen molar-refractivity contribution in [2.45, 2.75) is 38.6 Å². The summed E-state index contributed by atoms with van der Waals surface area (Å²) in [6, 6.07) is 13.2. The average Bonchev–Trinajstić information content (AvgIpc) is 3.09. The van der Waals surface area contributed by atoms with Crippen LogP contribution in [0.15, 0.2) is 42.5 Å². The molecule has 0 aliphatic carbocycles. The molecule has 0 saturated carbocycles. The lowest BCUT2D eigenvalue weighted by atomic mass is 9.92. The van der Waals surface area contributed by atoms with Gasteiger partial charge in [0.15, 0.2) is 0 Å². The number of imide groups is 1. The molecule has 2 atom stereocenters. The van der Waals surface area contributed by atoms with Crippen molar-refractivity contribution in [3.63, 3.8) is 0 Å². The number of nitrogens with zero attached hydrogens (tertiary/aromatic N) is 1. The highest BCUT2D eigenvalue weighted by atomic mass is 16.6. The van der Waals surface area contributed by atoms with Gasteiger partial charge in [0.05, 0.1) is 26.2 Å². The molecule has 2 aromatic carbocycles. The van der Waals surface area contributed by atoms with Crippen LogP contribution in [0.25, 0.3) is 0 Å². The number of methoxy groups -OCH3 is 2. The fraction of sp³-hybridized carbons (Fsp3) is 0.391. The fourth-order valence-corrected chi connectivity index (χ4v) is 3.80. The molecule has 2 amide bonds. The van der Waals surface area contributed by atoms with Crippen molar-refractivity contribution in [3.8, 4) is 11.5 Å². The predicted molar refractivity (Wildman–Crippen MR) is 109 cm³/mol. The van der Waals surface area contributed by atoms with Gasteiger partial charge in [-0.3, -0.25) is 4.79 Å². The summed E-state index contributed by atoms with van der Waals surface area (Å²) in [6.45, 7) is 4.03. The zero-order valence-corrected chi connectivity index (χ0v) is 17.3. The second-order valence-electron chi connectivity index (χ2n) is 7.14. The number of hydrogen-bond donors (Lipinski definition) is 0. The van der Waals surface area contributed by atoms with E-state index in [1.54, 1.807) is 14.2 Å². The molecule has 29 heavy (non-hydrogen) atoms. The van der Waals surface area contributed by atoms with Crippen LogP contribution in [0, 0.1) is 6.92 Å². The highest BCUT2D eigenvalue weighted by Crippen LogP contribution is 2.35. The van der Waals surface area contributed by atoms with E-state index < -0.39 is 12.0 Å². The summed E-state index contributed by atoms with van der Waals surface area (Å²) in [4.78, 5) is 27.1. The summed E-state index contributed by atoms with van der Waals surface area (Å²) in [6.07, 6.45) is 0.520. The number of rotatable bonds is 7. The first-order chi connectivity index (χ1) is 14.0. The summed E-state index contributed by atoms with van der Waals surface area (Å²) < 4.78 is 16.1. The van der Waals surface area contributed by atoms with Crippen LogP contribution in [0.3, 0.4) is 0 Å². The molecule has 1 heterocycles. The molecule has 0 aromatic heterocycles. The van der Waals surface area contributed by atoms with E-state index in [1.165, 1.54) is 4.90 Å². The number of benzene rings is 2. The maximum Gasteiger partial charge on any atom is 0.417 e. The molecule has 3 rings (SSSR count). The van der Waals surface area contributed by atoms with Crippen LogP contribution >= 0.6 is 0 Å². The smallest absolute Gasteiger partial charge is 0.417 e. The van der Waals surface area contributed by atoms with Gasteiger partial charge in [0.2, 0.25) is 5.91 Å². The number of amides is 2. The van der Waals surface area contributed by atoms with Crippen molar-refractivity contribution in [2.24, 2.45) is 0 Å². The number of hydrogen-bond acceptors (Lipinski definition) is 5. The molecule has 1 aliphatic heterocycles. The molecule has 1 saturated heterocycles. The van der Waals surface area contributed by atoms with Gasteiger partial charge in [-0.2, -0.15) is 0 Å². The summed E-state index contributed by atoms with van der Waals surface area (Å²) in [5, 5.41) is 0. The van der Waals surface area contributed by atoms with Crippen LogP contribution in [-0.4, -0.2) is 43.8 Å². The Morgan fingerprint density at radius 2 is 1.79 bits per heavy atom. The zero-order valence-electron chi connectivity index (χ0n) is 17.3. The average molecular weight is 397 g/mol. The third-order valence-corrected chi connectivity index (χ3v) is 5.40. The van der Waals surface area contributed by atoms with E-state index in [0.29, 0.717) is 24.3 Å². The quantitative estimate of drug-likeness (QED) is 0.704. The Morgan fingerprint density at radius 1 is 1.17 bits per heavy atom. The molecule has 154 valence electrons. The highest BCUT2D eigenvalue weighted by Gasteiger charge is 2.41. The van der Waals surface area contributed by atoms with E-state index >= 15 is 0 Å². The van der Waals surface area contributed by atoms with Gasteiger partial charge in [0.25, 0.3) is 0 Å².